The molecule has 0 radical (unpaired) electrons. The number of rotatable bonds is 2. The first kappa shape index (κ1) is 12.9. The molecule has 2 rings (SSSR count). The fourth-order valence-electron chi connectivity index (χ4n) is 2.70. The molecule has 96 valence electrons. The molecule has 2 unspecified atom stereocenters. The van der Waals surface area contributed by atoms with Crippen molar-refractivity contribution in [2.24, 2.45) is 18.9 Å². The summed E-state index contributed by atoms with van der Waals surface area (Å²) in [6, 6.07) is 0. The molecule has 0 saturated carbocycles. The van der Waals surface area contributed by atoms with E-state index in [-0.39, 0.29) is 0 Å². The molecule has 0 amide bonds. The summed E-state index contributed by atoms with van der Waals surface area (Å²) in [7, 11) is 2.05. The molecule has 1 aromatic heterocycles. The third-order valence-corrected chi connectivity index (χ3v) is 4.64. The van der Waals surface area contributed by atoms with E-state index in [2.05, 4.69) is 53.7 Å². The van der Waals surface area contributed by atoms with Crippen molar-refractivity contribution in [1.82, 2.24) is 9.78 Å². The second kappa shape index (κ2) is 5.01. The number of anilines is 1. The molecular formula is C13H22BrN3. The topological polar surface area (TPSA) is 21.1 Å². The summed E-state index contributed by atoms with van der Waals surface area (Å²) in [4.78, 5) is 2.50. The zero-order valence-electron chi connectivity index (χ0n) is 11.2. The molecule has 0 aliphatic carbocycles. The van der Waals surface area contributed by atoms with Gasteiger partial charge in [0, 0.05) is 31.0 Å². The smallest absolute Gasteiger partial charge is 0.130 e. The van der Waals surface area contributed by atoms with Crippen molar-refractivity contribution in [2.75, 3.05) is 18.0 Å². The van der Waals surface area contributed by atoms with Crippen LogP contribution in [0.5, 0.6) is 0 Å². The Morgan fingerprint density at radius 3 is 2.65 bits per heavy atom. The molecular weight excluding hydrogens is 278 g/mol. The molecule has 0 N–H and O–H groups in total. The van der Waals surface area contributed by atoms with E-state index >= 15 is 0 Å². The lowest BCUT2D eigenvalue weighted by atomic mass is 9.88. The number of hydrogen-bond acceptors (Lipinski definition) is 2. The van der Waals surface area contributed by atoms with Gasteiger partial charge in [0.15, 0.2) is 0 Å². The first-order valence-electron chi connectivity index (χ1n) is 6.38. The van der Waals surface area contributed by atoms with Crippen molar-refractivity contribution < 1.29 is 0 Å². The Morgan fingerprint density at radius 2 is 2.06 bits per heavy atom. The normalized spacial score (nSPS) is 25.4. The second-order valence-corrected chi connectivity index (χ2v) is 5.89. The number of aromatic nitrogens is 2. The molecule has 2 heterocycles. The van der Waals surface area contributed by atoms with Gasteiger partial charge in [-0.05, 0) is 25.2 Å². The Kier molecular flexibility index (Phi) is 3.81. The maximum atomic E-state index is 4.55. The molecule has 3 nitrogen and oxygen atoms in total. The summed E-state index contributed by atoms with van der Waals surface area (Å²) in [6.45, 7) is 9.12. The number of alkyl halides is 1. The Labute approximate surface area is 112 Å². The molecule has 1 aromatic rings. The van der Waals surface area contributed by atoms with Gasteiger partial charge in [-0.25, -0.2) is 0 Å². The van der Waals surface area contributed by atoms with Crippen LogP contribution >= 0.6 is 15.9 Å². The van der Waals surface area contributed by atoms with E-state index in [0.29, 0.717) is 0 Å². The zero-order chi connectivity index (χ0) is 12.6. The van der Waals surface area contributed by atoms with Crippen molar-refractivity contribution >= 4 is 21.7 Å². The van der Waals surface area contributed by atoms with Gasteiger partial charge in [-0.2, -0.15) is 5.10 Å². The molecule has 1 aliphatic rings. The maximum absolute atomic E-state index is 4.55. The van der Waals surface area contributed by atoms with Gasteiger partial charge in [0.05, 0.1) is 5.69 Å². The van der Waals surface area contributed by atoms with Crippen LogP contribution in [-0.4, -0.2) is 22.9 Å². The van der Waals surface area contributed by atoms with Crippen LogP contribution in [0, 0.1) is 18.8 Å². The van der Waals surface area contributed by atoms with Crippen LogP contribution in [-0.2, 0) is 12.4 Å². The van der Waals surface area contributed by atoms with E-state index in [0.717, 1.165) is 35.9 Å². The van der Waals surface area contributed by atoms with Gasteiger partial charge in [0.2, 0.25) is 0 Å². The van der Waals surface area contributed by atoms with Crippen LogP contribution in [0.4, 0.5) is 5.82 Å². The van der Waals surface area contributed by atoms with Crippen molar-refractivity contribution in [3.63, 3.8) is 0 Å². The van der Waals surface area contributed by atoms with Gasteiger partial charge in [-0.1, -0.05) is 29.8 Å². The fraction of sp³-hybridized carbons (Fsp3) is 0.769. The first-order valence-corrected chi connectivity index (χ1v) is 7.50. The minimum atomic E-state index is 0.766. The van der Waals surface area contributed by atoms with Crippen LogP contribution in [0.3, 0.4) is 0 Å². The predicted octanol–water partition coefficient (Wildman–Crippen LogP) is 3.11. The SMILES string of the molecule is Cc1nn(C)c(N2CCC(C)C(C)C2)c1CBr. The minimum Gasteiger partial charge on any atom is -0.356 e. The second-order valence-electron chi connectivity index (χ2n) is 5.33. The summed E-state index contributed by atoms with van der Waals surface area (Å²) in [6.07, 6.45) is 1.28. The Bertz CT molecular complexity index is 400. The fourth-order valence-corrected chi connectivity index (χ4v) is 3.35. The van der Waals surface area contributed by atoms with Gasteiger partial charge in [-0.15, -0.1) is 0 Å². The predicted molar refractivity (Wildman–Crippen MR) is 75.7 cm³/mol. The number of piperidine rings is 1. The van der Waals surface area contributed by atoms with Gasteiger partial charge >= 0.3 is 0 Å². The maximum Gasteiger partial charge on any atom is 0.130 e. The first-order chi connectivity index (χ1) is 8.04. The lowest BCUT2D eigenvalue weighted by molar-refractivity contribution is 0.321. The highest BCUT2D eigenvalue weighted by Gasteiger charge is 2.26. The molecule has 17 heavy (non-hydrogen) atoms. The zero-order valence-corrected chi connectivity index (χ0v) is 12.8. The van der Waals surface area contributed by atoms with E-state index < -0.39 is 0 Å². The summed E-state index contributed by atoms with van der Waals surface area (Å²) in [5.74, 6) is 2.91. The lowest BCUT2D eigenvalue weighted by Crippen LogP contribution is -2.39. The van der Waals surface area contributed by atoms with Crippen LogP contribution < -0.4 is 4.90 Å². The highest BCUT2D eigenvalue weighted by atomic mass is 79.9. The average Bonchev–Trinajstić information content (AvgIpc) is 2.57. The average molecular weight is 300 g/mol. The van der Waals surface area contributed by atoms with Gasteiger partial charge in [0.1, 0.15) is 5.82 Å². The summed E-state index contributed by atoms with van der Waals surface area (Å²) in [5, 5.41) is 5.44. The van der Waals surface area contributed by atoms with Crippen LogP contribution in [0.2, 0.25) is 0 Å². The van der Waals surface area contributed by atoms with Crippen LogP contribution in [0.15, 0.2) is 0 Å². The quantitative estimate of drug-likeness (QED) is 0.783. The Hall–Kier alpha value is -0.510. The largest absolute Gasteiger partial charge is 0.356 e. The molecule has 1 saturated heterocycles. The van der Waals surface area contributed by atoms with Crippen molar-refractivity contribution in [3.8, 4) is 0 Å². The van der Waals surface area contributed by atoms with Crippen LogP contribution in [0.1, 0.15) is 31.5 Å². The van der Waals surface area contributed by atoms with E-state index in [9.17, 15) is 0 Å². The third kappa shape index (κ3) is 2.37. The van der Waals surface area contributed by atoms with E-state index in [4.69, 9.17) is 0 Å². The number of hydrogen-bond donors (Lipinski definition) is 0. The van der Waals surface area contributed by atoms with Gasteiger partial charge in [-0.3, -0.25) is 4.68 Å². The van der Waals surface area contributed by atoms with Gasteiger partial charge < -0.3 is 4.90 Å². The molecule has 4 heteroatoms. The number of aryl methyl sites for hydroxylation is 2. The van der Waals surface area contributed by atoms with Crippen molar-refractivity contribution in [2.45, 2.75) is 32.5 Å². The van der Waals surface area contributed by atoms with Crippen molar-refractivity contribution in [1.29, 1.82) is 0 Å². The van der Waals surface area contributed by atoms with E-state index in [1.54, 1.807) is 0 Å². The van der Waals surface area contributed by atoms with Crippen LogP contribution in [0.25, 0.3) is 0 Å². The molecule has 2 atom stereocenters. The summed E-state index contributed by atoms with van der Waals surface area (Å²) in [5.41, 5.74) is 2.49. The summed E-state index contributed by atoms with van der Waals surface area (Å²) < 4.78 is 2.04. The molecule has 1 aliphatic heterocycles. The lowest BCUT2D eigenvalue weighted by Gasteiger charge is -2.37. The molecule has 0 bridgehead atoms. The third-order valence-electron chi connectivity index (χ3n) is 4.08. The molecule has 0 aromatic carbocycles. The molecule has 0 spiro atoms. The van der Waals surface area contributed by atoms with E-state index in [1.165, 1.54) is 17.8 Å². The number of halogens is 1. The Morgan fingerprint density at radius 1 is 1.35 bits per heavy atom. The Balaban J connectivity index is 2.28. The standard InChI is InChI=1S/C13H22BrN3/c1-9-5-6-17(8-10(9)2)13-12(7-14)11(3)15-16(13)4/h9-10H,5-8H2,1-4H3. The van der Waals surface area contributed by atoms with Gasteiger partial charge in [0.25, 0.3) is 0 Å². The summed E-state index contributed by atoms with van der Waals surface area (Å²) >= 11 is 3.59. The number of nitrogens with zero attached hydrogens (tertiary/aromatic N) is 3. The highest BCUT2D eigenvalue weighted by Crippen LogP contribution is 2.31. The minimum absolute atomic E-state index is 0.766. The van der Waals surface area contributed by atoms with Crippen molar-refractivity contribution in [3.05, 3.63) is 11.3 Å². The molecule has 1 fully saturated rings. The monoisotopic (exact) mass is 299 g/mol. The van der Waals surface area contributed by atoms with E-state index in [1.807, 2.05) is 4.68 Å². The highest BCUT2D eigenvalue weighted by molar-refractivity contribution is 9.08.